The van der Waals surface area contributed by atoms with Gasteiger partial charge >= 0.3 is 0 Å². The molecule has 1 aromatic carbocycles. The number of nitrogens with zero attached hydrogens (tertiary/aromatic N) is 1. The van der Waals surface area contributed by atoms with Crippen LogP contribution in [0.1, 0.15) is 30.9 Å². The number of hydrogen-bond donors (Lipinski definition) is 1. The van der Waals surface area contributed by atoms with Crippen molar-refractivity contribution in [1.29, 1.82) is 0 Å². The van der Waals surface area contributed by atoms with Crippen molar-refractivity contribution in [3.63, 3.8) is 0 Å². The van der Waals surface area contributed by atoms with Gasteiger partial charge in [0.15, 0.2) is 0 Å². The molecule has 0 aliphatic carbocycles. The zero-order valence-corrected chi connectivity index (χ0v) is 10.0. The van der Waals surface area contributed by atoms with Crippen LogP contribution in [0.4, 0.5) is 0 Å². The fourth-order valence-corrected chi connectivity index (χ4v) is 2.22. The van der Waals surface area contributed by atoms with Crippen LogP contribution in [0.2, 0.25) is 0 Å². The van der Waals surface area contributed by atoms with E-state index < -0.39 is 0 Å². The molecule has 0 saturated carbocycles. The summed E-state index contributed by atoms with van der Waals surface area (Å²) in [4.78, 5) is 2.42. The van der Waals surface area contributed by atoms with E-state index in [0.717, 1.165) is 38.9 Å². The fourth-order valence-electron chi connectivity index (χ4n) is 2.22. The fraction of sp³-hybridized carbons (Fsp3) is 0.571. The normalized spacial score (nSPS) is 18.9. The molecule has 1 aliphatic rings. The Bertz CT molecular complexity index is 312. The third-order valence-corrected chi connectivity index (χ3v) is 3.39. The third-order valence-electron chi connectivity index (χ3n) is 3.39. The maximum Gasteiger partial charge on any atom is 0.0564 e. The van der Waals surface area contributed by atoms with Gasteiger partial charge in [-0.3, -0.25) is 4.90 Å². The van der Waals surface area contributed by atoms with Crippen LogP contribution in [0.15, 0.2) is 24.3 Å². The first kappa shape index (κ1) is 11.6. The molecule has 1 N–H and O–H groups in total. The van der Waals surface area contributed by atoms with Crippen LogP contribution in [0, 0.1) is 0 Å². The standard InChI is InChI=1S/C14H21NO/c1-2-12-3-5-13(6-4-12)11-15-9-7-14(16)8-10-15/h3-6,14,16H,2,7-11H2,1H3. The van der Waals surface area contributed by atoms with E-state index in [9.17, 15) is 5.11 Å². The van der Waals surface area contributed by atoms with Gasteiger partial charge in [-0.2, -0.15) is 0 Å². The Balaban J connectivity index is 1.88. The monoisotopic (exact) mass is 219 g/mol. The molecule has 0 amide bonds. The first-order valence-electron chi connectivity index (χ1n) is 6.26. The van der Waals surface area contributed by atoms with Crippen LogP contribution in [-0.4, -0.2) is 29.2 Å². The summed E-state index contributed by atoms with van der Waals surface area (Å²) in [5.74, 6) is 0. The van der Waals surface area contributed by atoms with E-state index in [1.807, 2.05) is 0 Å². The maximum absolute atomic E-state index is 9.43. The lowest BCUT2D eigenvalue weighted by Crippen LogP contribution is -2.35. The van der Waals surface area contributed by atoms with Gasteiger partial charge in [0, 0.05) is 19.6 Å². The largest absolute Gasteiger partial charge is 0.393 e. The minimum atomic E-state index is -0.0706. The quantitative estimate of drug-likeness (QED) is 0.842. The van der Waals surface area contributed by atoms with Crippen LogP contribution >= 0.6 is 0 Å². The van der Waals surface area contributed by atoms with Crippen LogP contribution in [0.25, 0.3) is 0 Å². The average molecular weight is 219 g/mol. The topological polar surface area (TPSA) is 23.5 Å². The van der Waals surface area contributed by atoms with E-state index in [0.29, 0.717) is 0 Å². The minimum absolute atomic E-state index is 0.0706. The molecular weight excluding hydrogens is 198 g/mol. The number of benzene rings is 1. The maximum atomic E-state index is 9.43. The van der Waals surface area contributed by atoms with Gasteiger partial charge < -0.3 is 5.11 Å². The van der Waals surface area contributed by atoms with Crippen LogP contribution < -0.4 is 0 Å². The van der Waals surface area contributed by atoms with Crippen molar-refractivity contribution < 1.29 is 5.11 Å². The van der Waals surface area contributed by atoms with Gasteiger partial charge in [-0.15, -0.1) is 0 Å². The van der Waals surface area contributed by atoms with Gasteiger partial charge in [0.1, 0.15) is 0 Å². The second-order valence-corrected chi connectivity index (χ2v) is 4.68. The van der Waals surface area contributed by atoms with Gasteiger partial charge in [-0.05, 0) is 30.4 Å². The van der Waals surface area contributed by atoms with E-state index in [4.69, 9.17) is 0 Å². The molecule has 1 fully saturated rings. The number of piperidine rings is 1. The van der Waals surface area contributed by atoms with Crippen molar-refractivity contribution in [1.82, 2.24) is 4.90 Å². The van der Waals surface area contributed by atoms with E-state index >= 15 is 0 Å². The van der Waals surface area contributed by atoms with E-state index in [2.05, 4.69) is 36.1 Å². The van der Waals surface area contributed by atoms with E-state index in [-0.39, 0.29) is 6.10 Å². The van der Waals surface area contributed by atoms with Crippen LogP contribution in [-0.2, 0) is 13.0 Å². The Morgan fingerprint density at radius 2 is 1.69 bits per heavy atom. The molecule has 2 heteroatoms. The first-order chi connectivity index (χ1) is 7.78. The zero-order valence-electron chi connectivity index (χ0n) is 10.0. The molecule has 0 radical (unpaired) electrons. The first-order valence-corrected chi connectivity index (χ1v) is 6.26. The molecule has 1 saturated heterocycles. The summed E-state index contributed by atoms with van der Waals surface area (Å²) in [6.45, 7) is 5.26. The molecule has 1 aliphatic heterocycles. The summed E-state index contributed by atoms with van der Waals surface area (Å²) in [7, 11) is 0. The van der Waals surface area contributed by atoms with Crippen molar-refractivity contribution in [3.8, 4) is 0 Å². The number of aryl methyl sites for hydroxylation is 1. The molecule has 2 nitrogen and oxygen atoms in total. The number of likely N-dealkylation sites (tertiary alicyclic amines) is 1. The average Bonchev–Trinajstić information content (AvgIpc) is 2.33. The SMILES string of the molecule is CCc1ccc(CN2CCC(O)CC2)cc1. The summed E-state index contributed by atoms with van der Waals surface area (Å²) in [5.41, 5.74) is 2.78. The second-order valence-electron chi connectivity index (χ2n) is 4.68. The lowest BCUT2D eigenvalue weighted by molar-refractivity contribution is 0.0792. The summed E-state index contributed by atoms with van der Waals surface area (Å²) in [6, 6.07) is 8.88. The molecule has 88 valence electrons. The van der Waals surface area contributed by atoms with E-state index in [1.165, 1.54) is 11.1 Å². The van der Waals surface area contributed by atoms with Crippen molar-refractivity contribution in [2.24, 2.45) is 0 Å². The predicted octanol–water partition coefficient (Wildman–Crippen LogP) is 2.21. The smallest absolute Gasteiger partial charge is 0.0564 e. The Labute approximate surface area is 97.9 Å². The third kappa shape index (κ3) is 3.06. The van der Waals surface area contributed by atoms with Crippen LogP contribution in [0.5, 0.6) is 0 Å². The van der Waals surface area contributed by atoms with Gasteiger partial charge in [-0.25, -0.2) is 0 Å². The lowest BCUT2D eigenvalue weighted by atomic mass is 10.1. The number of aliphatic hydroxyl groups excluding tert-OH is 1. The second kappa shape index (κ2) is 5.46. The van der Waals surface area contributed by atoms with Crippen molar-refractivity contribution in [2.75, 3.05) is 13.1 Å². The summed E-state index contributed by atoms with van der Waals surface area (Å²) >= 11 is 0. The van der Waals surface area contributed by atoms with Crippen molar-refractivity contribution >= 4 is 0 Å². The highest BCUT2D eigenvalue weighted by atomic mass is 16.3. The van der Waals surface area contributed by atoms with Crippen molar-refractivity contribution in [2.45, 2.75) is 38.8 Å². The van der Waals surface area contributed by atoms with Gasteiger partial charge in [0.25, 0.3) is 0 Å². The molecule has 0 unspecified atom stereocenters. The predicted molar refractivity (Wildman–Crippen MR) is 66.3 cm³/mol. The number of aliphatic hydroxyl groups is 1. The molecular formula is C14H21NO. The number of rotatable bonds is 3. The Morgan fingerprint density at radius 3 is 2.25 bits per heavy atom. The highest BCUT2D eigenvalue weighted by Crippen LogP contribution is 2.14. The molecule has 1 heterocycles. The summed E-state index contributed by atoms with van der Waals surface area (Å²) in [6.07, 6.45) is 2.88. The Morgan fingerprint density at radius 1 is 1.12 bits per heavy atom. The number of hydrogen-bond acceptors (Lipinski definition) is 2. The molecule has 0 spiro atoms. The molecule has 1 aromatic rings. The summed E-state index contributed by atoms with van der Waals surface area (Å²) in [5, 5.41) is 9.43. The lowest BCUT2D eigenvalue weighted by Gasteiger charge is -2.29. The molecule has 0 atom stereocenters. The van der Waals surface area contributed by atoms with Gasteiger partial charge in [0.2, 0.25) is 0 Å². The Kier molecular flexibility index (Phi) is 3.97. The molecule has 16 heavy (non-hydrogen) atoms. The highest BCUT2D eigenvalue weighted by Gasteiger charge is 2.16. The minimum Gasteiger partial charge on any atom is -0.393 e. The zero-order chi connectivity index (χ0) is 11.4. The summed E-state index contributed by atoms with van der Waals surface area (Å²) < 4.78 is 0. The van der Waals surface area contributed by atoms with Gasteiger partial charge in [0.05, 0.1) is 6.10 Å². The molecule has 2 rings (SSSR count). The van der Waals surface area contributed by atoms with Gasteiger partial charge in [-0.1, -0.05) is 31.2 Å². The highest BCUT2D eigenvalue weighted by molar-refractivity contribution is 5.22. The Hall–Kier alpha value is -0.860. The van der Waals surface area contributed by atoms with E-state index in [1.54, 1.807) is 0 Å². The molecule has 0 bridgehead atoms. The van der Waals surface area contributed by atoms with Crippen LogP contribution in [0.3, 0.4) is 0 Å². The molecule has 0 aromatic heterocycles. The van der Waals surface area contributed by atoms with Crippen molar-refractivity contribution in [3.05, 3.63) is 35.4 Å².